The molecule has 3 rings (SSSR count). The van der Waals surface area contributed by atoms with Gasteiger partial charge in [0, 0.05) is 47.6 Å². The van der Waals surface area contributed by atoms with Gasteiger partial charge in [0.1, 0.15) is 18.1 Å². The summed E-state index contributed by atoms with van der Waals surface area (Å²) in [6.45, 7) is 11.4. The molecule has 0 aliphatic carbocycles. The van der Waals surface area contributed by atoms with E-state index in [1.165, 1.54) is 24.3 Å². The van der Waals surface area contributed by atoms with E-state index in [1.54, 1.807) is 29.0 Å². The zero-order chi connectivity index (χ0) is 27.2. The molecule has 0 saturated carbocycles. The Balaban J connectivity index is 1.74. The number of hydrogen-bond donors (Lipinski definition) is 1. The van der Waals surface area contributed by atoms with Gasteiger partial charge in [-0.05, 0) is 57.7 Å². The highest BCUT2D eigenvalue weighted by molar-refractivity contribution is 7.98. The Hall–Kier alpha value is -2.46. The summed E-state index contributed by atoms with van der Waals surface area (Å²) in [6.07, 6.45) is 2.64. The summed E-state index contributed by atoms with van der Waals surface area (Å²) in [5.74, 6) is 1.08. The maximum absolute atomic E-state index is 12.7. The van der Waals surface area contributed by atoms with Crippen LogP contribution in [0.2, 0.25) is 10.0 Å². The van der Waals surface area contributed by atoms with Crippen molar-refractivity contribution in [1.82, 2.24) is 9.62 Å². The number of non-ortho nitro benzene ring substituents is 1. The summed E-state index contributed by atoms with van der Waals surface area (Å²) in [4.78, 5) is 24.7. The van der Waals surface area contributed by atoms with Crippen LogP contribution in [-0.4, -0.2) is 40.4 Å². The molecular weight excluding hydrogens is 537 g/mol. The second kappa shape index (κ2) is 12.9. The molecule has 1 heterocycles. The van der Waals surface area contributed by atoms with E-state index in [4.69, 9.17) is 32.7 Å². The zero-order valence-corrected chi connectivity index (χ0v) is 23.4. The van der Waals surface area contributed by atoms with E-state index in [-0.39, 0.29) is 28.1 Å². The fourth-order valence-corrected chi connectivity index (χ4v) is 5.06. The number of carbonyl (C=O) groups excluding carboxylic acids is 1. The number of nitro benzene ring substituents is 1. The molecule has 1 N–H and O–H groups in total. The van der Waals surface area contributed by atoms with Gasteiger partial charge in [-0.25, -0.2) is 4.79 Å². The molecule has 0 spiro atoms. The predicted octanol–water partition coefficient (Wildman–Crippen LogP) is 7.45. The van der Waals surface area contributed by atoms with Crippen molar-refractivity contribution in [1.29, 1.82) is 0 Å². The van der Waals surface area contributed by atoms with E-state index in [1.807, 2.05) is 6.07 Å². The number of likely N-dealkylation sites (tertiary alicyclic amines) is 1. The van der Waals surface area contributed by atoms with Gasteiger partial charge in [0.25, 0.3) is 5.69 Å². The smallest absolute Gasteiger partial charge is 0.415 e. The Morgan fingerprint density at radius 1 is 1.24 bits per heavy atom. The SMILES string of the molecule is C=CCOc1cc(Cl)c(Cl)cc1C(NSC(C)(C)C)C1CCN(C(=O)Oc2ccc([N+](=O)[O-])cc2)CC1. The van der Waals surface area contributed by atoms with Crippen LogP contribution < -0.4 is 14.2 Å². The molecule has 2 aromatic rings. The normalized spacial score (nSPS) is 15.2. The second-order valence-corrected chi connectivity index (χ2v) is 12.1. The fourth-order valence-electron chi connectivity index (χ4n) is 3.93. The van der Waals surface area contributed by atoms with Gasteiger partial charge in [-0.1, -0.05) is 47.8 Å². The molecule has 1 atom stereocenters. The van der Waals surface area contributed by atoms with Crippen molar-refractivity contribution in [3.8, 4) is 11.5 Å². The maximum Gasteiger partial charge on any atom is 0.415 e. The minimum Gasteiger partial charge on any atom is -0.489 e. The number of hydrogen-bond acceptors (Lipinski definition) is 7. The number of carbonyl (C=O) groups is 1. The Morgan fingerprint density at radius 2 is 1.86 bits per heavy atom. The van der Waals surface area contributed by atoms with Crippen molar-refractivity contribution < 1.29 is 19.2 Å². The first-order valence-corrected chi connectivity index (χ1v) is 13.4. The van der Waals surface area contributed by atoms with Crippen LogP contribution in [-0.2, 0) is 0 Å². The number of benzene rings is 2. The van der Waals surface area contributed by atoms with Crippen molar-refractivity contribution >= 4 is 46.9 Å². The van der Waals surface area contributed by atoms with Crippen LogP contribution in [0.5, 0.6) is 11.5 Å². The highest BCUT2D eigenvalue weighted by Gasteiger charge is 2.33. The molecule has 1 unspecified atom stereocenters. The molecule has 0 aromatic heterocycles. The van der Waals surface area contributed by atoms with Gasteiger partial charge < -0.3 is 14.4 Å². The third-order valence-electron chi connectivity index (χ3n) is 5.76. The van der Waals surface area contributed by atoms with Crippen LogP contribution in [0.25, 0.3) is 0 Å². The van der Waals surface area contributed by atoms with Gasteiger partial charge in [0.05, 0.1) is 15.0 Å². The molecule has 2 aromatic carbocycles. The highest BCUT2D eigenvalue weighted by atomic mass is 35.5. The van der Waals surface area contributed by atoms with Crippen LogP contribution in [0.15, 0.2) is 49.1 Å². The molecule has 200 valence electrons. The third kappa shape index (κ3) is 8.26. The van der Waals surface area contributed by atoms with Gasteiger partial charge in [-0.15, -0.1) is 0 Å². The van der Waals surface area contributed by atoms with Gasteiger partial charge in [-0.3, -0.25) is 14.8 Å². The van der Waals surface area contributed by atoms with Crippen LogP contribution in [0, 0.1) is 16.0 Å². The first kappa shape index (κ1) is 29.1. The molecule has 37 heavy (non-hydrogen) atoms. The van der Waals surface area contributed by atoms with E-state index in [2.05, 4.69) is 32.1 Å². The highest BCUT2D eigenvalue weighted by Crippen LogP contribution is 2.41. The number of ether oxygens (including phenoxy) is 2. The Labute approximate surface area is 231 Å². The first-order chi connectivity index (χ1) is 17.5. The summed E-state index contributed by atoms with van der Waals surface area (Å²) < 4.78 is 15.0. The number of nitrogens with one attached hydrogen (secondary N) is 1. The van der Waals surface area contributed by atoms with Crippen LogP contribution in [0.4, 0.5) is 10.5 Å². The Kier molecular flexibility index (Phi) is 10.1. The van der Waals surface area contributed by atoms with Crippen molar-refractivity contribution in [3.05, 3.63) is 74.8 Å². The molecule has 0 bridgehead atoms. The van der Waals surface area contributed by atoms with Crippen molar-refractivity contribution in [2.24, 2.45) is 5.92 Å². The number of halogens is 2. The summed E-state index contributed by atoms with van der Waals surface area (Å²) in [6, 6.07) is 8.92. The number of piperidine rings is 1. The quantitative estimate of drug-likeness (QED) is 0.145. The Bertz CT molecular complexity index is 1120. The van der Waals surface area contributed by atoms with E-state index < -0.39 is 11.0 Å². The van der Waals surface area contributed by atoms with Crippen molar-refractivity contribution in [3.63, 3.8) is 0 Å². The molecule has 8 nitrogen and oxygen atoms in total. The zero-order valence-electron chi connectivity index (χ0n) is 21.0. The van der Waals surface area contributed by atoms with Crippen molar-refractivity contribution in [2.75, 3.05) is 19.7 Å². The molecule has 11 heteroatoms. The number of nitrogens with zero attached hydrogens (tertiary/aromatic N) is 2. The molecule has 1 fully saturated rings. The van der Waals surface area contributed by atoms with Gasteiger partial charge in [0.2, 0.25) is 0 Å². The largest absolute Gasteiger partial charge is 0.489 e. The number of amides is 1. The number of rotatable bonds is 9. The molecule has 1 saturated heterocycles. The summed E-state index contributed by atoms with van der Waals surface area (Å²) in [5.41, 5.74) is 0.839. The van der Waals surface area contributed by atoms with Crippen molar-refractivity contribution in [2.45, 2.75) is 44.4 Å². The standard InChI is InChI=1S/C26H31Cl2N3O5S/c1-5-14-35-23-16-22(28)21(27)15-20(23)24(29-37-26(2,3)4)17-10-12-30(13-11-17)25(32)36-19-8-6-18(7-9-19)31(33)34/h5-9,15-17,24,29H,1,10-14H2,2-4H3. The van der Waals surface area contributed by atoms with E-state index in [9.17, 15) is 14.9 Å². The van der Waals surface area contributed by atoms with Crippen LogP contribution >= 0.6 is 35.1 Å². The van der Waals surface area contributed by atoms with E-state index in [0.717, 1.165) is 18.4 Å². The molecule has 1 aliphatic heterocycles. The summed E-state index contributed by atoms with van der Waals surface area (Å²) in [7, 11) is 0. The molecule has 1 amide bonds. The van der Waals surface area contributed by atoms with Gasteiger partial charge >= 0.3 is 6.09 Å². The van der Waals surface area contributed by atoms with E-state index in [0.29, 0.717) is 35.5 Å². The number of nitro groups is 1. The monoisotopic (exact) mass is 567 g/mol. The first-order valence-electron chi connectivity index (χ1n) is 11.9. The third-order valence-corrected chi connectivity index (χ3v) is 7.46. The lowest BCUT2D eigenvalue weighted by Crippen LogP contribution is -2.42. The molecule has 0 radical (unpaired) electrons. The van der Waals surface area contributed by atoms with Crippen LogP contribution in [0.3, 0.4) is 0 Å². The van der Waals surface area contributed by atoms with Gasteiger partial charge in [0.15, 0.2) is 0 Å². The maximum atomic E-state index is 12.7. The topological polar surface area (TPSA) is 93.9 Å². The lowest BCUT2D eigenvalue weighted by Gasteiger charge is -2.37. The minimum absolute atomic E-state index is 0.0358. The van der Waals surface area contributed by atoms with Gasteiger partial charge in [-0.2, -0.15) is 0 Å². The lowest BCUT2D eigenvalue weighted by atomic mass is 9.85. The average Bonchev–Trinajstić information content (AvgIpc) is 2.85. The predicted molar refractivity (Wildman–Crippen MR) is 149 cm³/mol. The minimum atomic E-state index is -0.500. The molecular formula is C26H31Cl2N3O5S. The van der Waals surface area contributed by atoms with Crippen LogP contribution in [0.1, 0.15) is 45.2 Å². The second-order valence-electron chi connectivity index (χ2n) is 9.66. The Morgan fingerprint density at radius 3 is 2.43 bits per heavy atom. The molecule has 1 aliphatic rings. The fraction of sp³-hybridized carbons (Fsp3) is 0.423. The average molecular weight is 569 g/mol. The summed E-state index contributed by atoms with van der Waals surface area (Å²) >= 11 is 14.3. The van der Waals surface area contributed by atoms with E-state index >= 15 is 0 Å². The lowest BCUT2D eigenvalue weighted by molar-refractivity contribution is -0.384. The summed E-state index contributed by atoms with van der Waals surface area (Å²) in [5, 5.41) is 11.7.